The van der Waals surface area contributed by atoms with Gasteiger partial charge in [0, 0.05) is 12.4 Å². The Kier molecular flexibility index (Phi) is 1.88. The molecule has 82 valence electrons. The normalized spacial score (nSPS) is 11.6. The van der Waals surface area contributed by atoms with Gasteiger partial charge in [0.25, 0.3) is 5.56 Å². The Balaban J connectivity index is 2.58. The minimum absolute atomic E-state index is 0.164. The summed E-state index contributed by atoms with van der Waals surface area (Å²) in [4.78, 5) is 16.2. The molecule has 0 unspecified atom stereocenters. The van der Waals surface area contributed by atoms with Crippen LogP contribution in [0.25, 0.3) is 21.3 Å². The fraction of sp³-hybridized carbons (Fsp3) is 0.300. The molecule has 3 aromatic rings. The van der Waals surface area contributed by atoms with Gasteiger partial charge < -0.3 is 4.57 Å². The molecular formula is C10H10N4OS. The first kappa shape index (κ1) is 9.53. The Morgan fingerprint density at radius 1 is 1.56 bits per heavy atom. The van der Waals surface area contributed by atoms with Crippen LogP contribution in [-0.2, 0) is 13.5 Å². The number of aromatic nitrogens is 4. The molecule has 0 aromatic carbocycles. The zero-order valence-corrected chi connectivity index (χ0v) is 9.76. The van der Waals surface area contributed by atoms with E-state index in [4.69, 9.17) is 0 Å². The van der Waals surface area contributed by atoms with Gasteiger partial charge >= 0.3 is 0 Å². The molecule has 0 saturated heterocycles. The molecule has 1 N–H and O–H groups in total. The molecule has 0 saturated carbocycles. The number of nitrogens with one attached hydrogen (secondary N) is 1. The van der Waals surface area contributed by atoms with Crippen LogP contribution in [0.3, 0.4) is 0 Å². The van der Waals surface area contributed by atoms with Crippen LogP contribution in [-0.4, -0.2) is 19.7 Å². The van der Waals surface area contributed by atoms with Crippen LogP contribution in [0.15, 0.2) is 11.0 Å². The van der Waals surface area contributed by atoms with Gasteiger partial charge in [0.2, 0.25) is 0 Å². The second-order valence-electron chi connectivity index (χ2n) is 3.63. The summed E-state index contributed by atoms with van der Waals surface area (Å²) in [5, 5.41) is 8.26. The van der Waals surface area contributed by atoms with Gasteiger partial charge in [-0.1, -0.05) is 6.92 Å². The van der Waals surface area contributed by atoms with Crippen LogP contribution in [0.5, 0.6) is 0 Å². The summed E-state index contributed by atoms with van der Waals surface area (Å²) in [6, 6.07) is 0. The predicted octanol–water partition coefficient (Wildman–Crippen LogP) is 1.43. The van der Waals surface area contributed by atoms with Gasteiger partial charge in [0.15, 0.2) is 5.65 Å². The lowest BCUT2D eigenvalue weighted by molar-refractivity contribution is 0.943. The van der Waals surface area contributed by atoms with Crippen molar-refractivity contribution in [3.8, 4) is 0 Å². The monoisotopic (exact) mass is 234 g/mol. The van der Waals surface area contributed by atoms with E-state index in [1.807, 2.05) is 11.6 Å². The Morgan fingerprint density at radius 3 is 3.12 bits per heavy atom. The summed E-state index contributed by atoms with van der Waals surface area (Å²) >= 11 is 1.63. The van der Waals surface area contributed by atoms with Crippen LogP contribution >= 0.6 is 11.3 Å². The van der Waals surface area contributed by atoms with Crippen molar-refractivity contribution >= 4 is 32.6 Å². The number of aromatic amines is 1. The van der Waals surface area contributed by atoms with Crippen LogP contribution in [0.4, 0.5) is 0 Å². The summed E-state index contributed by atoms with van der Waals surface area (Å²) in [6.07, 6.45) is 2.61. The quantitative estimate of drug-likeness (QED) is 0.692. The highest BCUT2D eigenvalue weighted by Gasteiger charge is 2.15. The number of rotatable bonds is 1. The van der Waals surface area contributed by atoms with Crippen LogP contribution in [0.2, 0.25) is 0 Å². The van der Waals surface area contributed by atoms with Crippen molar-refractivity contribution in [2.45, 2.75) is 13.3 Å². The van der Waals surface area contributed by atoms with Gasteiger partial charge in [-0.15, -0.1) is 11.3 Å². The molecular weight excluding hydrogens is 224 g/mol. The number of nitrogens with zero attached hydrogens (tertiary/aromatic N) is 3. The molecule has 3 rings (SSSR count). The number of H-pyrrole nitrogens is 1. The molecule has 16 heavy (non-hydrogen) atoms. The summed E-state index contributed by atoms with van der Waals surface area (Å²) in [5.74, 6) is 0. The lowest BCUT2D eigenvalue weighted by Crippen LogP contribution is -2.10. The predicted molar refractivity (Wildman–Crippen MR) is 63.9 cm³/mol. The Hall–Kier alpha value is -1.69. The SMILES string of the molecule is CCc1nc2c(s1)c1cn[nH]c(=O)c1n2C. The van der Waals surface area contributed by atoms with Crippen molar-refractivity contribution in [2.24, 2.45) is 7.05 Å². The summed E-state index contributed by atoms with van der Waals surface area (Å²) in [7, 11) is 1.86. The third-order valence-electron chi connectivity index (χ3n) is 2.68. The maximum atomic E-state index is 11.7. The van der Waals surface area contributed by atoms with Crippen LogP contribution in [0, 0.1) is 0 Å². The molecule has 5 nitrogen and oxygen atoms in total. The van der Waals surface area contributed by atoms with E-state index < -0.39 is 0 Å². The molecule has 3 heterocycles. The molecule has 0 aliphatic heterocycles. The van der Waals surface area contributed by atoms with Crippen molar-refractivity contribution in [1.29, 1.82) is 0 Å². The zero-order chi connectivity index (χ0) is 11.3. The maximum absolute atomic E-state index is 11.7. The average molecular weight is 234 g/mol. The van der Waals surface area contributed by atoms with Crippen molar-refractivity contribution < 1.29 is 0 Å². The van der Waals surface area contributed by atoms with E-state index in [2.05, 4.69) is 22.1 Å². The van der Waals surface area contributed by atoms with Crippen molar-refractivity contribution in [3.05, 3.63) is 21.6 Å². The van der Waals surface area contributed by atoms with E-state index in [1.54, 1.807) is 17.5 Å². The van der Waals surface area contributed by atoms with E-state index in [1.165, 1.54) is 0 Å². The summed E-state index contributed by atoms with van der Waals surface area (Å²) in [5.41, 5.74) is 1.35. The van der Waals surface area contributed by atoms with E-state index in [9.17, 15) is 4.79 Å². The van der Waals surface area contributed by atoms with E-state index in [-0.39, 0.29) is 5.56 Å². The molecule has 0 aliphatic rings. The smallest absolute Gasteiger partial charge is 0.288 e. The highest BCUT2D eigenvalue weighted by atomic mass is 32.1. The number of hydrogen-bond donors (Lipinski definition) is 1. The second kappa shape index (κ2) is 3.15. The molecule has 0 aliphatic carbocycles. The fourth-order valence-corrected chi connectivity index (χ4v) is 2.95. The highest BCUT2D eigenvalue weighted by Crippen LogP contribution is 2.30. The topological polar surface area (TPSA) is 63.6 Å². The van der Waals surface area contributed by atoms with Gasteiger partial charge in [-0.05, 0) is 6.42 Å². The van der Waals surface area contributed by atoms with Gasteiger partial charge in [-0.25, -0.2) is 10.1 Å². The fourth-order valence-electron chi connectivity index (χ4n) is 1.91. The summed E-state index contributed by atoms with van der Waals surface area (Å²) < 4.78 is 2.88. The Bertz CT molecular complexity index is 736. The van der Waals surface area contributed by atoms with Gasteiger partial charge in [-0.2, -0.15) is 5.10 Å². The molecule has 0 bridgehead atoms. The lowest BCUT2D eigenvalue weighted by atomic mass is 10.4. The third kappa shape index (κ3) is 1.07. The largest absolute Gasteiger partial charge is 0.323 e. The summed E-state index contributed by atoms with van der Waals surface area (Å²) in [6.45, 7) is 2.07. The van der Waals surface area contributed by atoms with Crippen LogP contribution in [0.1, 0.15) is 11.9 Å². The van der Waals surface area contributed by atoms with Gasteiger partial charge in [0.1, 0.15) is 5.52 Å². The number of aryl methyl sites for hydroxylation is 2. The van der Waals surface area contributed by atoms with E-state index in [0.717, 1.165) is 27.2 Å². The Morgan fingerprint density at radius 2 is 2.38 bits per heavy atom. The van der Waals surface area contributed by atoms with E-state index in [0.29, 0.717) is 5.52 Å². The third-order valence-corrected chi connectivity index (χ3v) is 3.91. The van der Waals surface area contributed by atoms with E-state index >= 15 is 0 Å². The first-order chi connectivity index (χ1) is 7.72. The molecule has 0 radical (unpaired) electrons. The standard InChI is InChI=1S/C10H10N4OS/c1-3-6-12-9-8(16-6)5-4-11-13-10(15)7(5)14(9)2/h4H,3H2,1-2H3,(H,13,15). The number of thiazole rings is 1. The van der Waals surface area contributed by atoms with Crippen LogP contribution < -0.4 is 5.56 Å². The minimum Gasteiger partial charge on any atom is -0.323 e. The number of fused-ring (bicyclic) bond motifs is 3. The van der Waals surface area contributed by atoms with Gasteiger partial charge in [-0.3, -0.25) is 4.79 Å². The number of hydrogen-bond acceptors (Lipinski definition) is 4. The molecule has 0 spiro atoms. The second-order valence-corrected chi connectivity index (χ2v) is 4.72. The first-order valence-corrected chi connectivity index (χ1v) is 5.85. The Labute approximate surface area is 94.7 Å². The van der Waals surface area contributed by atoms with Crippen molar-refractivity contribution in [1.82, 2.24) is 19.7 Å². The average Bonchev–Trinajstić information content (AvgIpc) is 2.80. The molecule has 0 atom stereocenters. The molecule has 0 fully saturated rings. The minimum atomic E-state index is -0.164. The van der Waals surface area contributed by atoms with Crippen molar-refractivity contribution in [3.63, 3.8) is 0 Å². The molecule has 0 amide bonds. The lowest BCUT2D eigenvalue weighted by Gasteiger charge is -1.94. The van der Waals surface area contributed by atoms with Gasteiger partial charge in [0.05, 0.1) is 15.9 Å². The van der Waals surface area contributed by atoms with Crippen molar-refractivity contribution in [2.75, 3.05) is 0 Å². The molecule has 3 aromatic heterocycles. The zero-order valence-electron chi connectivity index (χ0n) is 8.94. The highest BCUT2D eigenvalue weighted by molar-refractivity contribution is 7.19. The first-order valence-electron chi connectivity index (χ1n) is 5.04. The molecule has 6 heteroatoms. The maximum Gasteiger partial charge on any atom is 0.288 e.